The quantitative estimate of drug-likeness (QED) is 0.381. The molecule has 0 nitrogen and oxygen atoms in total. The number of hydrogen-bond donors (Lipinski definition) is 0. The molecule has 0 amide bonds. The Morgan fingerprint density at radius 2 is 1.71 bits per heavy atom. The number of hydrogen-bond acceptors (Lipinski definition) is 0. The monoisotopic (exact) mass is 352 g/mol. The van der Waals surface area contributed by atoms with Crippen molar-refractivity contribution in [1.82, 2.24) is 0 Å². The molecule has 3 aliphatic rings. The van der Waals surface area contributed by atoms with Crippen LogP contribution in [0.2, 0.25) is 0 Å². The molecular weight excluding hydrogens is 308 g/mol. The molecule has 1 heterocycles. The predicted molar refractivity (Wildman–Crippen MR) is 112 cm³/mol. The van der Waals surface area contributed by atoms with Crippen molar-refractivity contribution in [2.45, 2.75) is 115 Å². The zero-order valence-corrected chi connectivity index (χ0v) is 17.7. The van der Waals surface area contributed by atoms with Crippen molar-refractivity contribution < 1.29 is 0 Å². The molecule has 0 N–H and O–H groups in total. The highest BCUT2D eigenvalue weighted by Gasteiger charge is 2.49. The van der Waals surface area contributed by atoms with Crippen molar-refractivity contribution >= 4 is 10.0 Å². The maximum atomic E-state index is 2.59. The fraction of sp³-hybridized carbons (Fsp3) is 1.00. The molecule has 5 atom stereocenters. The molecule has 3 fully saturated rings. The van der Waals surface area contributed by atoms with Crippen molar-refractivity contribution in [2.24, 2.45) is 17.8 Å². The first-order valence-corrected chi connectivity index (χ1v) is 13.6. The van der Waals surface area contributed by atoms with Gasteiger partial charge in [-0.15, -0.1) is 0 Å². The van der Waals surface area contributed by atoms with Crippen LogP contribution in [0.5, 0.6) is 0 Å². The SMILES string of the molecule is CCCCC1CCCS1(CCCC)C1CCC1CC(C)C1CCC1. The summed E-state index contributed by atoms with van der Waals surface area (Å²) in [5.41, 5.74) is 0. The molecule has 1 aliphatic heterocycles. The first-order chi connectivity index (χ1) is 11.7. The first-order valence-electron chi connectivity index (χ1n) is 11.5. The largest absolute Gasteiger partial charge is 0.235 e. The van der Waals surface area contributed by atoms with Gasteiger partial charge in [0.05, 0.1) is 0 Å². The van der Waals surface area contributed by atoms with E-state index in [0.29, 0.717) is 0 Å². The Morgan fingerprint density at radius 3 is 2.29 bits per heavy atom. The Balaban J connectivity index is 1.65. The highest BCUT2D eigenvalue weighted by molar-refractivity contribution is 8.34. The van der Waals surface area contributed by atoms with E-state index in [2.05, 4.69) is 20.8 Å². The molecule has 1 heteroatoms. The normalized spacial score (nSPS) is 40.5. The molecule has 24 heavy (non-hydrogen) atoms. The summed E-state index contributed by atoms with van der Waals surface area (Å²) >= 11 is 0. The Bertz CT molecular complexity index is 374. The lowest BCUT2D eigenvalue weighted by molar-refractivity contribution is 0.161. The fourth-order valence-corrected chi connectivity index (χ4v) is 12.5. The highest BCUT2D eigenvalue weighted by atomic mass is 32.3. The molecule has 3 rings (SSSR count). The molecule has 0 bridgehead atoms. The summed E-state index contributed by atoms with van der Waals surface area (Å²) < 4.78 is 0. The summed E-state index contributed by atoms with van der Waals surface area (Å²) in [6, 6.07) is 0. The van der Waals surface area contributed by atoms with Gasteiger partial charge < -0.3 is 0 Å². The summed E-state index contributed by atoms with van der Waals surface area (Å²) in [4.78, 5) is 0. The van der Waals surface area contributed by atoms with Crippen molar-refractivity contribution in [3.8, 4) is 0 Å². The third-order valence-electron chi connectivity index (χ3n) is 8.05. The van der Waals surface area contributed by atoms with Crippen molar-refractivity contribution in [3.63, 3.8) is 0 Å². The van der Waals surface area contributed by atoms with Gasteiger partial charge in [0.15, 0.2) is 0 Å². The van der Waals surface area contributed by atoms with Crippen LogP contribution in [-0.2, 0) is 0 Å². The van der Waals surface area contributed by atoms with Crippen LogP contribution >= 0.6 is 10.0 Å². The topological polar surface area (TPSA) is 0 Å². The lowest BCUT2D eigenvalue weighted by Gasteiger charge is -2.57. The van der Waals surface area contributed by atoms with Crippen LogP contribution in [0.15, 0.2) is 0 Å². The lowest BCUT2D eigenvalue weighted by Crippen LogP contribution is -2.42. The molecule has 2 saturated carbocycles. The van der Waals surface area contributed by atoms with E-state index in [9.17, 15) is 0 Å². The van der Waals surface area contributed by atoms with Crippen molar-refractivity contribution in [2.75, 3.05) is 11.5 Å². The summed E-state index contributed by atoms with van der Waals surface area (Å²) in [7, 11) is -0.288. The zero-order chi connectivity index (χ0) is 17.0. The Kier molecular flexibility index (Phi) is 7.03. The second-order valence-corrected chi connectivity index (χ2v) is 13.6. The second-order valence-electron chi connectivity index (χ2n) is 9.45. The Hall–Kier alpha value is 0.350. The second kappa shape index (κ2) is 8.83. The van der Waals surface area contributed by atoms with Gasteiger partial charge in [-0.05, 0) is 84.7 Å². The van der Waals surface area contributed by atoms with Crippen LogP contribution in [0.25, 0.3) is 0 Å². The zero-order valence-electron chi connectivity index (χ0n) is 16.9. The average Bonchev–Trinajstić information content (AvgIpc) is 2.89. The van der Waals surface area contributed by atoms with Gasteiger partial charge in [-0.1, -0.05) is 59.3 Å². The van der Waals surface area contributed by atoms with Gasteiger partial charge in [-0.3, -0.25) is 0 Å². The number of unbranched alkanes of at least 4 members (excludes halogenated alkanes) is 2. The maximum absolute atomic E-state index is 2.59. The van der Waals surface area contributed by atoms with Gasteiger partial charge in [-0.2, -0.15) is 0 Å². The summed E-state index contributed by atoms with van der Waals surface area (Å²) in [6.45, 7) is 7.40. The first kappa shape index (κ1) is 19.1. The van der Waals surface area contributed by atoms with Crippen LogP contribution in [0.1, 0.15) is 104 Å². The molecule has 0 aromatic rings. The molecule has 142 valence electrons. The molecule has 5 unspecified atom stereocenters. The molecule has 0 aromatic carbocycles. The highest BCUT2D eigenvalue weighted by Crippen LogP contribution is 2.70. The minimum Gasteiger partial charge on any atom is -0.235 e. The summed E-state index contributed by atoms with van der Waals surface area (Å²) in [5.74, 6) is 6.59. The van der Waals surface area contributed by atoms with Crippen molar-refractivity contribution in [3.05, 3.63) is 0 Å². The van der Waals surface area contributed by atoms with E-state index in [1.807, 2.05) is 0 Å². The smallest absolute Gasteiger partial charge is 0.00807 e. The lowest BCUT2D eigenvalue weighted by atomic mass is 9.70. The van der Waals surface area contributed by atoms with Crippen LogP contribution in [0.4, 0.5) is 0 Å². The van der Waals surface area contributed by atoms with Gasteiger partial charge in [0, 0.05) is 0 Å². The van der Waals surface area contributed by atoms with Crippen LogP contribution in [0, 0.1) is 17.8 Å². The third-order valence-corrected chi connectivity index (χ3v) is 13.8. The standard InChI is InChI=1S/C23H44S/c1-4-6-12-22-13-9-17-24(22,16-7-5-2)23-15-14-21(23)18-19(3)20-10-8-11-20/h19-23H,4-18H2,1-3H3. The Morgan fingerprint density at radius 1 is 0.917 bits per heavy atom. The van der Waals surface area contributed by atoms with Crippen molar-refractivity contribution in [1.29, 1.82) is 0 Å². The van der Waals surface area contributed by atoms with E-state index in [1.165, 1.54) is 37.4 Å². The minimum absolute atomic E-state index is 0.288. The van der Waals surface area contributed by atoms with E-state index < -0.39 is 0 Å². The Labute approximate surface area is 154 Å². The summed E-state index contributed by atoms with van der Waals surface area (Å²) in [5, 5.41) is 2.35. The van der Waals surface area contributed by atoms with E-state index in [0.717, 1.165) is 23.0 Å². The van der Waals surface area contributed by atoms with Gasteiger partial charge in [0.2, 0.25) is 0 Å². The molecule has 0 radical (unpaired) electrons. The van der Waals surface area contributed by atoms with E-state index in [4.69, 9.17) is 0 Å². The number of rotatable bonds is 10. The molecule has 0 spiro atoms. The van der Waals surface area contributed by atoms with Crippen LogP contribution < -0.4 is 0 Å². The molecule has 1 saturated heterocycles. The predicted octanol–water partition coefficient (Wildman–Crippen LogP) is 7.55. The molecule has 0 aromatic heterocycles. The minimum atomic E-state index is -0.288. The van der Waals surface area contributed by atoms with Gasteiger partial charge in [0.25, 0.3) is 0 Å². The van der Waals surface area contributed by atoms with Crippen LogP contribution in [-0.4, -0.2) is 22.0 Å². The molecular formula is C23H44S. The third kappa shape index (κ3) is 3.86. The van der Waals surface area contributed by atoms with Crippen LogP contribution in [0.3, 0.4) is 0 Å². The van der Waals surface area contributed by atoms with Gasteiger partial charge in [0.1, 0.15) is 0 Å². The van der Waals surface area contributed by atoms with E-state index >= 15 is 0 Å². The van der Waals surface area contributed by atoms with E-state index in [1.54, 1.807) is 62.9 Å². The maximum Gasteiger partial charge on any atom is -0.00807 e. The average molecular weight is 353 g/mol. The van der Waals surface area contributed by atoms with Gasteiger partial charge >= 0.3 is 0 Å². The molecule has 2 aliphatic carbocycles. The van der Waals surface area contributed by atoms with Gasteiger partial charge in [-0.25, -0.2) is 10.0 Å². The van der Waals surface area contributed by atoms with E-state index in [-0.39, 0.29) is 10.0 Å². The fourth-order valence-electron chi connectivity index (χ4n) is 6.13. The summed E-state index contributed by atoms with van der Waals surface area (Å²) in [6.07, 6.45) is 20.0.